The van der Waals surface area contributed by atoms with Gasteiger partial charge in [0.05, 0.1) is 5.69 Å². The molecule has 0 aliphatic heterocycles. The highest BCUT2D eigenvalue weighted by Crippen LogP contribution is 2.26. The third-order valence-corrected chi connectivity index (χ3v) is 3.34. The Hall–Kier alpha value is -1.82. The minimum absolute atomic E-state index is 0.228. The van der Waals surface area contributed by atoms with Gasteiger partial charge in [0.15, 0.2) is 0 Å². The van der Waals surface area contributed by atoms with Crippen molar-refractivity contribution in [2.75, 3.05) is 30.7 Å². The Kier molecular flexibility index (Phi) is 4.21. The summed E-state index contributed by atoms with van der Waals surface area (Å²) in [6.07, 6.45) is 2.59. The van der Waals surface area contributed by atoms with Gasteiger partial charge in [0.2, 0.25) is 0 Å². The van der Waals surface area contributed by atoms with Crippen LogP contribution in [0.3, 0.4) is 0 Å². The third-order valence-electron chi connectivity index (χ3n) is 3.34. The van der Waals surface area contributed by atoms with Gasteiger partial charge in [-0.1, -0.05) is 6.92 Å². The first kappa shape index (κ1) is 13.6. The van der Waals surface area contributed by atoms with Crippen LogP contribution in [0.4, 0.5) is 11.5 Å². The molecular formula is C13H21N5O. The average molecular weight is 263 g/mol. The molecular weight excluding hydrogens is 242 g/mol. The van der Waals surface area contributed by atoms with E-state index in [1.165, 1.54) is 18.9 Å². The largest absolute Gasteiger partial charge is 0.396 e. The van der Waals surface area contributed by atoms with Crippen LogP contribution in [0, 0.1) is 0 Å². The van der Waals surface area contributed by atoms with Crippen LogP contribution in [0.5, 0.6) is 0 Å². The molecule has 19 heavy (non-hydrogen) atoms. The molecule has 5 N–H and O–H groups in total. The van der Waals surface area contributed by atoms with Crippen molar-refractivity contribution in [2.24, 2.45) is 5.73 Å². The summed E-state index contributed by atoms with van der Waals surface area (Å²) in [7, 11) is 0. The molecule has 1 aliphatic carbocycles. The van der Waals surface area contributed by atoms with Crippen LogP contribution in [0.15, 0.2) is 12.1 Å². The molecule has 6 nitrogen and oxygen atoms in total. The number of nitrogen functional groups attached to an aromatic ring is 1. The molecule has 1 aromatic heterocycles. The summed E-state index contributed by atoms with van der Waals surface area (Å²) in [6, 6.07) is 3.92. The minimum atomic E-state index is -0.545. The Labute approximate surface area is 113 Å². The van der Waals surface area contributed by atoms with Gasteiger partial charge in [-0.05, 0) is 31.5 Å². The molecule has 1 heterocycles. The number of aromatic nitrogens is 1. The van der Waals surface area contributed by atoms with Crippen LogP contribution in [0.1, 0.15) is 30.3 Å². The Balaban J connectivity index is 1.91. The Bertz CT molecular complexity index is 458. The quantitative estimate of drug-likeness (QED) is 0.671. The predicted molar refractivity (Wildman–Crippen MR) is 75.9 cm³/mol. The number of nitrogens with one attached hydrogen (secondary N) is 1. The van der Waals surface area contributed by atoms with Crippen LogP contribution < -0.4 is 16.8 Å². The van der Waals surface area contributed by atoms with E-state index < -0.39 is 5.91 Å². The van der Waals surface area contributed by atoms with Crippen LogP contribution in [-0.2, 0) is 0 Å². The molecule has 1 amide bonds. The second-order valence-corrected chi connectivity index (χ2v) is 4.79. The van der Waals surface area contributed by atoms with Gasteiger partial charge in [0, 0.05) is 19.1 Å². The first-order chi connectivity index (χ1) is 9.11. The number of nitrogens with zero attached hydrogens (tertiary/aromatic N) is 2. The number of rotatable bonds is 7. The van der Waals surface area contributed by atoms with Gasteiger partial charge in [0.1, 0.15) is 11.5 Å². The maximum atomic E-state index is 11.1. The van der Waals surface area contributed by atoms with Crippen molar-refractivity contribution in [2.45, 2.75) is 25.8 Å². The van der Waals surface area contributed by atoms with Gasteiger partial charge >= 0.3 is 0 Å². The van der Waals surface area contributed by atoms with E-state index >= 15 is 0 Å². The van der Waals surface area contributed by atoms with Crippen LogP contribution in [0.25, 0.3) is 0 Å². The highest BCUT2D eigenvalue weighted by molar-refractivity contribution is 5.91. The fourth-order valence-electron chi connectivity index (χ4n) is 2.11. The van der Waals surface area contributed by atoms with E-state index in [0.29, 0.717) is 11.5 Å². The SMILES string of the molecule is CCN(CCNc1nc(C(N)=O)ccc1N)C1CC1. The average Bonchev–Trinajstić information content (AvgIpc) is 3.20. The van der Waals surface area contributed by atoms with Crippen molar-refractivity contribution in [3.05, 3.63) is 17.8 Å². The first-order valence-corrected chi connectivity index (χ1v) is 6.66. The molecule has 0 spiro atoms. The molecule has 0 radical (unpaired) electrons. The zero-order valence-corrected chi connectivity index (χ0v) is 11.2. The fourth-order valence-corrected chi connectivity index (χ4v) is 2.11. The summed E-state index contributed by atoms with van der Waals surface area (Å²) in [6.45, 7) is 4.92. The summed E-state index contributed by atoms with van der Waals surface area (Å²) in [5.41, 5.74) is 11.8. The molecule has 104 valence electrons. The van der Waals surface area contributed by atoms with Crippen LogP contribution >= 0.6 is 0 Å². The number of pyridine rings is 1. The van der Waals surface area contributed by atoms with Gasteiger partial charge in [-0.15, -0.1) is 0 Å². The second kappa shape index (κ2) is 5.88. The summed E-state index contributed by atoms with van der Waals surface area (Å²) < 4.78 is 0. The predicted octanol–water partition coefficient (Wildman–Crippen LogP) is 0.659. The Morgan fingerprint density at radius 3 is 2.84 bits per heavy atom. The molecule has 1 aliphatic rings. The number of hydrogen-bond acceptors (Lipinski definition) is 5. The van der Waals surface area contributed by atoms with Crippen molar-refractivity contribution >= 4 is 17.4 Å². The van der Waals surface area contributed by atoms with Crippen molar-refractivity contribution in [1.82, 2.24) is 9.88 Å². The summed E-state index contributed by atoms with van der Waals surface area (Å²) >= 11 is 0. The molecule has 2 rings (SSSR count). The third kappa shape index (κ3) is 3.57. The lowest BCUT2D eigenvalue weighted by Crippen LogP contribution is -2.31. The summed E-state index contributed by atoms with van der Waals surface area (Å²) in [5, 5.41) is 3.17. The van der Waals surface area contributed by atoms with Gasteiger partial charge < -0.3 is 16.8 Å². The van der Waals surface area contributed by atoms with Crippen molar-refractivity contribution in [3.63, 3.8) is 0 Å². The number of hydrogen-bond donors (Lipinski definition) is 3. The molecule has 1 aromatic rings. The van der Waals surface area contributed by atoms with Crippen LogP contribution in [0.2, 0.25) is 0 Å². The maximum absolute atomic E-state index is 11.1. The van der Waals surface area contributed by atoms with E-state index in [1.54, 1.807) is 6.07 Å². The van der Waals surface area contributed by atoms with Gasteiger partial charge in [-0.3, -0.25) is 9.69 Å². The van der Waals surface area contributed by atoms with Crippen molar-refractivity contribution in [1.29, 1.82) is 0 Å². The molecule has 0 aromatic carbocycles. The number of anilines is 2. The van der Waals surface area contributed by atoms with E-state index in [0.717, 1.165) is 25.7 Å². The smallest absolute Gasteiger partial charge is 0.267 e. The summed E-state index contributed by atoms with van der Waals surface area (Å²) in [5.74, 6) is -0.0145. The number of likely N-dealkylation sites (N-methyl/N-ethyl adjacent to an activating group) is 1. The summed E-state index contributed by atoms with van der Waals surface area (Å²) in [4.78, 5) is 17.6. The number of carbonyl (C=O) groups is 1. The number of amides is 1. The molecule has 0 bridgehead atoms. The lowest BCUT2D eigenvalue weighted by Gasteiger charge is -2.20. The number of nitrogens with two attached hydrogens (primary N) is 2. The molecule has 6 heteroatoms. The fraction of sp³-hybridized carbons (Fsp3) is 0.538. The molecule has 1 fully saturated rings. The highest BCUT2D eigenvalue weighted by atomic mass is 16.1. The van der Waals surface area contributed by atoms with E-state index in [4.69, 9.17) is 11.5 Å². The van der Waals surface area contributed by atoms with E-state index in [-0.39, 0.29) is 5.69 Å². The lowest BCUT2D eigenvalue weighted by molar-refractivity contribution is 0.0996. The Morgan fingerprint density at radius 1 is 1.53 bits per heavy atom. The molecule has 1 saturated carbocycles. The Morgan fingerprint density at radius 2 is 2.26 bits per heavy atom. The number of primary amides is 1. The van der Waals surface area contributed by atoms with Gasteiger partial charge in [-0.2, -0.15) is 0 Å². The van der Waals surface area contributed by atoms with Crippen molar-refractivity contribution < 1.29 is 4.79 Å². The molecule has 0 atom stereocenters. The minimum Gasteiger partial charge on any atom is -0.396 e. The van der Waals surface area contributed by atoms with Gasteiger partial charge in [-0.25, -0.2) is 4.98 Å². The molecule has 0 unspecified atom stereocenters. The standard InChI is InChI=1S/C13H21N5O/c1-2-18(9-3-4-9)8-7-16-13-10(14)5-6-11(17-13)12(15)19/h5-6,9H,2-4,7-8,14H2,1H3,(H2,15,19)(H,16,17). The van der Waals surface area contributed by atoms with Gasteiger partial charge in [0.25, 0.3) is 5.91 Å². The van der Waals surface area contributed by atoms with Crippen molar-refractivity contribution in [3.8, 4) is 0 Å². The maximum Gasteiger partial charge on any atom is 0.267 e. The monoisotopic (exact) mass is 263 g/mol. The van der Waals surface area contributed by atoms with E-state index in [2.05, 4.69) is 22.1 Å². The van der Waals surface area contributed by atoms with E-state index in [1.807, 2.05) is 0 Å². The first-order valence-electron chi connectivity index (χ1n) is 6.66. The lowest BCUT2D eigenvalue weighted by atomic mass is 10.3. The normalized spacial score (nSPS) is 14.6. The number of carbonyl (C=O) groups excluding carboxylic acids is 1. The highest BCUT2D eigenvalue weighted by Gasteiger charge is 2.27. The zero-order chi connectivity index (χ0) is 13.8. The second-order valence-electron chi connectivity index (χ2n) is 4.79. The zero-order valence-electron chi connectivity index (χ0n) is 11.2. The molecule has 0 saturated heterocycles. The van der Waals surface area contributed by atoms with E-state index in [9.17, 15) is 4.79 Å². The topological polar surface area (TPSA) is 97.3 Å². The van der Waals surface area contributed by atoms with Crippen LogP contribution in [-0.4, -0.2) is 41.5 Å².